The van der Waals surface area contributed by atoms with Gasteiger partial charge in [-0.3, -0.25) is 0 Å². The SMILES string of the molecule is CSC1(CNc2ncccc2Cl)CCCCC1. The molecule has 1 heterocycles. The highest BCUT2D eigenvalue weighted by Crippen LogP contribution is 2.38. The van der Waals surface area contributed by atoms with Gasteiger partial charge in [-0.2, -0.15) is 11.8 Å². The molecule has 1 aliphatic carbocycles. The zero-order valence-electron chi connectivity index (χ0n) is 10.2. The van der Waals surface area contributed by atoms with Crippen LogP contribution in [0.3, 0.4) is 0 Å². The number of rotatable bonds is 4. The summed E-state index contributed by atoms with van der Waals surface area (Å²) >= 11 is 8.08. The Hall–Kier alpha value is -0.410. The number of pyridine rings is 1. The Balaban J connectivity index is 1.98. The minimum atomic E-state index is 0.374. The standard InChI is InChI=1S/C13H19ClN2S/c1-17-13(7-3-2-4-8-13)10-16-12-11(14)6-5-9-15-12/h5-6,9H,2-4,7-8,10H2,1H3,(H,15,16). The van der Waals surface area contributed by atoms with E-state index in [1.807, 2.05) is 23.9 Å². The zero-order valence-corrected chi connectivity index (χ0v) is 11.8. The summed E-state index contributed by atoms with van der Waals surface area (Å²) in [6, 6.07) is 3.74. The van der Waals surface area contributed by atoms with Crippen LogP contribution < -0.4 is 5.32 Å². The first kappa shape index (κ1) is 13.0. The van der Waals surface area contributed by atoms with Crippen LogP contribution in [0.1, 0.15) is 32.1 Å². The van der Waals surface area contributed by atoms with E-state index < -0.39 is 0 Å². The summed E-state index contributed by atoms with van der Waals surface area (Å²) in [4.78, 5) is 4.28. The third kappa shape index (κ3) is 3.29. The fourth-order valence-corrected chi connectivity index (χ4v) is 3.51. The fourth-order valence-electron chi connectivity index (χ4n) is 2.41. The lowest BCUT2D eigenvalue weighted by Gasteiger charge is -2.36. The minimum Gasteiger partial charge on any atom is -0.367 e. The van der Waals surface area contributed by atoms with E-state index in [0.717, 1.165) is 12.4 Å². The van der Waals surface area contributed by atoms with E-state index in [2.05, 4.69) is 16.6 Å². The molecule has 1 fully saturated rings. The van der Waals surface area contributed by atoms with E-state index >= 15 is 0 Å². The summed E-state index contributed by atoms with van der Waals surface area (Å²) in [5.74, 6) is 0.813. The van der Waals surface area contributed by atoms with Gasteiger partial charge < -0.3 is 5.32 Å². The van der Waals surface area contributed by atoms with Gasteiger partial charge in [-0.1, -0.05) is 30.9 Å². The molecule has 1 aromatic heterocycles. The molecule has 2 rings (SSSR count). The number of halogens is 1. The van der Waals surface area contributed by atoms with Crippen LogP contribution in [0.5, 0.6) is 0 Å². The summed E-state index contributed by atoms with van der Waals surface area (Å²) < 4.78 is 0.374. The van der Waals surface area contributed by atoms with Gasteiger partial charge in [-0.25, -0.2) is 4.98 Å². The van der Waals surface area contributed by atoms with Crippen LogP contribution in [0.15, 0.2) is 18.3 Å². The largest absolute Gasteiger partial charge is 0.367 e. The van der Waals surface area contributed by atoms with Crippen molar-refractivity contribution in [2.45, 2.75) is 36.9 Å². The van der Waals surface area contributed by atoms with Crippen molar-refractivity contribution >= 4 is 29.2 Å². The molecule has 0 radical (unpaired) electrons. The van der Waals surface area contributed by atoms with E-state index in [0.29, 0.717) is 9.77 Å². The summed E-state index contributed by atoms with van der Waals surface area (Å²) in [7, 11) is 0. The lowest BCUT2D eigenvalue weighted by Crippen LogP contribution is -2.35. The lowest BCUT2D eigenvalue weighted by atomic mass is 9.88. The average molecular weight is 271 g/mol. The predicted octanol–water partition coefficient (Wildman–Crippen LogP) is 4.21. The average Bonchev–Trinajstić information content (AvgIpc) is 2.39. The quantitative estimate of drug-likeness (QED) is 0.887. The number of thioether (sulfide) groups is 1. The Bertz CT molecular complexity index is 364. The van der Waals surface area contributed by atoms with Crippen molar-refractivity contribution in [1.29, 1.82) is 0 Å². The highest BCUT2D eigenvalue weighted by Gasteiger charge is 2.31. The topological polar surface area (TPSA) is 24.9 Å². The Kier molecular flexibility index (Phi) is 4.57. The number of aromatic nitrogens is 1. The van der Waals surface area contributed by atoms with Crippen molar-refractivity contribution in [2.75, 3.05) is 18.1 Å². The maximum absolute atomic E-state index is 6.10. The van der Waals surface area contributed by atoms with Gasteiger partial charge in [0, 0.05) is 17.5 Å². The smallest absolute Gasteiger partial charge is 0.144 e. The monoisotopic (exact) mass is 270 g/mol. The molecule has 2 nitrogen and oxygen atoms in total. The van der Waals surface area contributed by atoms with Crippen molar-refractivity contribution in [1.82, 2.24) is 4.98 Å². The van der Waals surface area contributed by atoms with E-state index in [1.54, 1.807) is 6.20 Å². The molecule has 0 unspecified atom stereocenters. The van der Waals surface area contributed by atoms with Gasteiger partial charge in [-0.05, 0) is 31.2 Å². The van der Waals surface area contributed by atoms with Gasteiger partial charge in [0.2, 0.25) is 0 Å². The molecule has 0 aliphatic heterocycles. The number of nitrogens with zero attached hydrogens (tertiary/aromatic N) is 1. The second kappa shape index (κ2) is 5.96. The van der Waals surface area contributed by atoms with E-state index in [4.69, 9.17) is 11.6 Å². The third-order valence-corrected chi connectivity index (χ3v) is 5.26. The Labute approximate surface area is 113 Å². The molecule has 94 valence electrons. The van der Waals surface area contributed by atoms with Gasteiger partial charge in [0.15, 0.2) is 0 Å². The van der Waals surface area contributed by atoms with Gasteiger partial charge >= 0.3 is 0 Å². The molecule has 0 saturated heterocycles. The summed E-state index contributed by atoms with van der Waals surface area (Å²) in [6.07, 6.45) is 10.7. The van der Waals surface area contributed by atoms with Crippen LogP contribution in [0.25, 0.3) is 0 Å². The van der Waals surface area contributed by atoms with E-state index in [9.17, 15) is 0 Å². The second-order valence-corrected chi connectivity index (χ2v) is 6.32. The van der Waals surface area contributed by atoms with E-state index in [1.165, 1.54) is 32.1 Å². The zero-order chi connectivity index (χ0) is 12.1. The highest BCUT2D eigenvalue weighted by atomic mass is 35.5. The highest BCUT2D eigenvalue weighted by molar-refractivity contribution is 8.00. The molecule has 17 heavy (non-hydrogen) atoms. The molecule has 4 heteroatoms. The van der Waals surface area contributed by atoms with Crippen molar-refractivity contribution in [3.63, 3.8) is 0 Å². The molecule has 0 spiro atoms. The van der Waals surface area contributed by atoms with Gasteiger partial charge in [-0.15, -0.1) is 0 Å². The van der Waals surface area contributed by atoms with Crippen LogP contribution in [-0.4, -0.2) is 22.5 Å². The number of nitrogens with one attached hydrogen (secondary N) is 1. The van der Waals surface area contributed by atoms with E-state index in [-0.39, 0.29) is 0 Å². The Morgan fingerprint density at radius 2 is 2.18 bits per heavy atom. The minimum absolute atomic E-state index is 0.374. The first-order valence-electron chi connectivity index (χ1n) is 6.15. The number of anilines is 1. The number of hydrogen-bond donors (Lipinski definition) is 1. The maximum Gasteiger partial charge on any atom is 0.144 e. The van der Waals surface area contributed by atoms with Crippen LogP contribution >= 0.6 is 23.4 Å². The van der Waals surface area contributed by atoms with Gasteiger partial charge in [0.25, 0.3) is 0 Å². The lowest BCUT2D eigenvalue weighted by molar-refractivity contribution is 0.411. The summed E-state index contributed by atoms with van der Waals surface area (Å²) in [5.41, 5.74) is 0. The van der Waals surface area contributed by atoms with Crippen molar-refractivity contribution in [3.8, 4) is 0 Å². The van der Waals surface area contributed by atoms with Crippen LogP contribution in [0.4, 0.5) is 5.82 Å². The third-order valence-electron chi connectivity index (χ3n) is 3.53. The van der Waals surface area contributed by atoms with Crippen molar-refractivity contribution in [2.24, 2.45) is 0 Å². The number of hydrogen-bond acceptors (Lipinski definition) is 3. The van der Waals surface area contributed by atoms with Gasteiger partial charge in [0.05, 0.1) is 5.02 Å². The van der Waals surface area contributed by atoms with Crippen molar-refractivity contribution < 1.29 is 0 Å². The second-order valence-electron chi connectivity index (χ2n) is 4.64. The van der Waals surface area contributed by atoms with Gasteiger partial charge in [0.1, 0.15) is 5.82 Å². The molecule has 1 aromatic rings. The van der Waals surface area contributed by atoms with Crippen LogP contribution in [0, 0.1) is 0 Å². The predicted molar refractivity (Wildman–Crippen MR) is 77.1 cm³/mol. The first-order chi connectivity index (χ1) is 8.26. The maximum atomic E-state index is 6.10. The Morgan fingerprint density at radius 3 is 2.82 bits per heavy atom. The first-order valence-corrected chi connectivity index (χ1v) is 7.76. The fraction of sp³-hybridized carbons (Fsp3) is 0.615. The molecule has 1 N–H and O–H groups in total. The van der Waals surface area contributed by atoms with Crippen LogP contribution in [-0.2, 0) is 0 Å². The van der Waals surface area contributed by atoms with Crippen molar-refractivity contribution in [3.05, 3.63) is 23.4 Å². The normalized spacial score (nSPS) is 18.9. The summed E-state index contributed by atoms with van der Waals surface area (Å²) in [5, 5.41) is 4.12. The molecular formula is C13H19ClN2S. The molecular weight excluding hydrogens is 252 g/mol. The molecule has 0 bridgehead atoms. The molecule has 1 aliphatic rings. The molecule has 0 amide bonds. The molecule has 0 atom stereocenters. The summed E-state index contributed by atoms with van der Waals surface area (Å²) in [6.45, 7) is 0.963. The Morgan fingerprint density at radius 1 is 1.41 bits per heavy atom. The molecule has 1 saturated carbocycles. The molecule has 0 aromatic carbocycles. The van der Waals surface area contributed by atoms with Crippen LogP contribution in [0.2, 0.25) is 5.02 Å².